The fourth-order valence-electron chi connectivity index (χ4n) is 3.69. The molecule has 3 aromatic rings. The quantitative estimate of drug-likeness (QED) is 0.689. The molecule has 1 N–H and O–H groups in total. The Morgan fingerprint density at radius 3 is 2.45 bits per heavy atom. The molecular weight excluding hydrogens is 398 g/mol. The smallest absolute Gasteiger partial charge is 0.317 e. The summed E-state index contributed by atoms with van der Waals surface area (Å²) in [4.78, 5) is 13.1. The average molecular weight is 421 g/mol. The first-order chi connectivity index (χ1) is 13.6. The molecule has 0 aliphatic carbocycles. The number of piperidine rings is 1. The molecule has 0 spiro atoms. The molecular formula is C21H23ClF2N4O. The van der Waals surface area contributed by atoms with Gasteiger partial charge in [-0.1, -0.05) is 42.5 Å². The van der Waals surface area contributed by atoms with E-state index in [1.165, 1.54) is 16.8 Å². The Labute approximate surface area is 173 Å². The highest BCUT2D eigenvalue weighted by Crippen LogP contribution is 2.23. The third-order valence-electron chi connectivity index (χ3n) is 5.19. The van der Waals surface area contributed by atoms with Crippen LogP contribution in [0.4, 0.5) is 8.78 Å². The summed E-state index contributed by atoms with van der Waals surface area (Å²) in [5.41, 5.74) is 0.806. The van der Waals surface area contributed by atoms with Crippen LogP contribution in [0, 0.1) is 11.6 Å². The monoisotopic (exact) mass is 420 g/mol. The van der Waals surface area contributed by atoms with E-state index in [4.69, 9.17) is 0 Å². The van der Waals surface area contributed by atoms with Crippen LogP contribution in [0.15, 0.2) is 53.3 Å². The number of halogens is 3. The maximum Gasteiger partial charge on any atom is 0.346 e. The summed E-state index contributed by atoms with van der Waals surface area (Å²) in [7, 11) is 0. The molecule has 5 nitrogen and oxygen atoms in total. The van der Waals surface area contributed by atoms with Gasteiger partial charge >= 0.3 is 5.69 Å². The lowest BCUT2D eigenvalue weighted by Crippen LogP contribution is -2.30. The summed E-state index contributed by atoms with van der Waals surface area (Å²) in [6.07, 6.45) is 1.78. The summed E-state index contributed by atoms with van der Waals surface area (Å²) >= 11 is 0. The predicted molar refractivity (Wildman–Crippen MR) is 110 cm³/mol. The molecule has 2 heterocycles. The maximum atomic E-state index is 14.1. The second kappa shape index (κ2) is 9.33. The molecule has 0 unspecified atom stereocenters. The van der Waals surface area contributed by atoms with E-state index in [2.05, 4.69) is 10.4 Å². The van der Waals surface area contributed by atoms with Crippen LogP contribution in [0.1, 0.15) is 35.7 Å². The van der Waals surface area contributed by atoms with Gasteiger partial charge in [0.25, 0.3) is 0 Å². The first-order valence-corrected chi connectivity index (χ1v) is 9.48. The second-order valence-electron chi connectivity index (χ2n) is 7.11. The third-order valence-corrected chi connectivity index (χ3v) is 5.19. The summed E-state index contributed by atoms with van der Waals surface area (Å²) in [6, 6.07) is 13.7. The van der Waals surface area contributed by atoms with Crippen LogP contribution < -0.4 is 11.0 Å². The highest BCUT2D eigenvalue weighted by molar-refractivity contribution is 5.85. The lowest BCUT2D eigenvalue weighted by Gasteiger charge is -2.22. The first-order valence-electron chi connectivity index (χ1n) is 9.48. The Hall–Kier alpha value is -2.51. The predicted octanol–water partition coefficient (Wildman–Crippen LogP) is 3.31. The maximum absolute atomic E-state index is 14.1. The topological polar surface area (TPSA) is 51.9 Å². The number of hydrogen-bond donors (Lipinski definition) is 1. The molecule has 0 radical (unpaired) electrons. The molecule has 1 fully saturated rings. The van der Waals surface area contributed by atoms with Crippen LogP contribution in [-0.2, 0) is 13.1 Å². The van der Waals surface area contributed by atoms with Crippen LogP contribution in [0.5, 0.6) is 0 Å². The Morgan fingerprint density at radius 1 is 1.00 bits per heavy atom. The van der Waals surface area contributed by atoms with E-state index in [0.717, 1.165) is 37.6 Å². The van der Waals surface area contributed by atoms with Gasteiger partial charge in [-0.3, -0.25) is 4.57 Å². The summed E-state index contributed by atoms with van der Waals surface area (Å²) < 4.78 is 30.6. The molecule has 0 amide bonds. The van der Waals surface area contributed by atoms with Crippen molar-refractivity contribution in [3.05, 3.63) is 87.6 Å². The Kier molecular flexibility index (Phi) is 6.82. The molecule has 0 atom stereocenters. The van der Waals surface area contributed by atoms with Gasteiger partial charge in [0.1, 0.15) is 5.82 Å². The van der Waals surface area contributed by atoms with Gasteiger partial charge in [-0.25, -0.2) is 18.3 Å². The van der Waals surface area contributed by atoms with Crippen molar-refractivity contribution in [3.8, 4) is 0 Å². The van der Waals surface area contributed by atoms with Crippen LogP contribution in [0.25, 0.3) is 0 Å². The van der Waals surface area contributed by atoms with Crippen LogP contribution in [0.2, 0.25) is 0 Å². The molecule has 154 valence electrons. The molecule has 1 aliphatic heterocycles. The van der Waals surface area contributed by atoms with E-state index in [9.17, 15) is 13.6 Å². The van der Waals surface area contributed by atoms with Crippen LogP contribution in [-0.4, -0.2) is 27.4 Å². The lowest BCUT2D eigenvalue weighted by molar-refractivity contribution is 0.430. The first kappa shape index (κ1) is 21.2. The number of nitrogens with zero attached hydrogens (tertiary/aromatic N) is 3. The van der Waals surface area contributed by atoms with Crippen molar-refractivity contribution in [2.45, 2.75) is 31.8 Å². The standard InChI is InChI=1S/C21H22F2N4O.ClH/c22-18-8-4-7-17(19(18)23)14-27-21(28)26(13-15-5-2-1-3-6-15)20(25-27)16-9-11-24-12-10-16;/h1-8,16,24H,9-14H2;1H. The van der Waals surface area contributed by atoms with Crippen molar-refractivity contribution in [1.82, 2.24) is 19.7 Å². The van der Waals surface area contributed by atoms with E-state index >= 15 is 0 Å². The number of hydrogen-bond acceptors (Lipinski definition) is 3. The minimum atomic E-state index is -0.935. The van der Waals surface area contributed by atoms with Gasteiger partial charge in [0.15, 0.2) is 11.6 Å². The number of aromatic nitrogens is 3. The Bertz CT molecular complexity index is 1010. The Balaban J connectivity index is 0.00000240. The van der Waals surface area contributed by atoms with Gasteiger partial charge in [-0.2, -0.15) is 5.10 Å². The van der Waals surface area contributed by atoms with Gasteiger partial charge in [0, 0.05) is 11.5 Å². The summed E-state index contributed by atoms with van der Waals surface area (Å²) in [5, 5.41) is 7.86. The average Bonchev–Trinajstić information content (AvgIpc) is 3.03. The molecule has 1 aliphatic rings. The Morgan fingerprint density at radius 2 is 1.72 bits per heavy atom. The van der Waals surface area contributed by atoms with Crippen molar-refractivity contribution in [3.63, 3.8) is 0 Å². The van der Waals surface area contributed by atoms with Gasteiger partial charge in [0.05, 0.1) is 13.1 Å². The minimum Gasteiger partial charge on any atom is -0.317 e. The van der Waals surface area contributed by atoms with E-state index < -0.39 is 11.6 Å². The van der Waals surface area contributed by atoms with E-state index in [1.54, 1.807) is 4.57 Å². The fraction of sp³-hybridized carbons (Fsp3) is 0.333. The highest BCUT2D eigenvalue weighted by Gasteiger charge is 2.24. The largest absolute Gasteiger partial charge is 0.346 e. The minimum absolute atomic E-state index is 0. The molecule has 4 rings (SSSR count). The zero-order valence-electron chi connectivity index (χ0n) is 15.9. The molecule has 8 heteroatoms. The van der Waals surface area contributed by atoms with Crippen molar-refractivity contribution >= 4 is 12.4 Å². The third kappa shape index (κ3) is 4.57. The number of nitrogens with one attached hydrogen (secondary N) is 1. The molecule has 2 aromatic carbocycles. The lowest BCUT2D eigenvalue weighted by atomic mass is 9.97. The summed E-state index contributed by atoms with van der Waals surface area (Å²) in [5.74, 6) is -0.980. The zero-order chi connectivity index (χ0) is 19.5. The summed E-state index contributed by atoms with van der Waals surface area (Å²) in [6.45, 7) is 2.05. The molecule has 1 saturated heterocycles. The van der Waals surface area contributed by atoms with Crippen molar-refractivity contribution in [2.75, 3.05) is 13.1 Å². The molecule has 0 bridgehead atoms. The number of rotatable bonds is 5. The van der Waals surface area contributed by atoms with Crippen molar-refractivity contribution in [1.29, 1.82) is 0 Å². The van der Waals surface area contributed by atoms with Crippen molar-refractivity contribution < 1.29 is 8.78 Å². The molecule has 1 aromatic heterocycles. The second-order valence-corrected chi connectivity index (χ2v) is 7.11. The fourth-order valence-corrected chi connectivity index (χ4v) is 3.69. The van der Waals surface area contributed by atoms with Gasteiger partial charge in [0.2, 0.25) is 0 Å². The SMILES string of the molecule is Cl.O=c1n(Cc2cccc(F)c2F)nc(C2CCNCC2)n1Cc1ccccc1. The van der Waals surface area contributed by atoms with E-state index in [-0.39, 0.29) is 36.1 Å². The zero-order valence-corrected chi connectivity index (χ0v) is 16.7. The van der Waals surface area contributed by atoms with Crippen LogP contribution in [0.3, 0.4) is 0 Å². The van der Waals surface area contributed by atoms with Crippen LogP contribution >= 0.6 is 12.4 Å². The number of benzene rings is 2. The van der Waals surface area contributed by atoms with Crippen molar-refractivity contribution in [2.24, 2.45) is 0 Å². The normalized spacial score (nSPS) is 14.6. The van der Waals surface area contributed by atoms with Gasteiger partial charge in [-0.05, 0) is 37.6 Å². The van der Waals surface area contributed by atoms with Gasteiger partial charge in [-0.15, -0.1) is 12.4 Å². The molecule has 0 saturated carbocycles. The van der Waals surface area contributed by atoms with E-state index in [0.29, 0.717) is 12.4 Å². The molecule has 29 heavy (non-hydrogen) atoms. The van der Waals surface area contributed by atoms with E-state index in [1.807, 2.05) is 30.3 Å². The highest BCUT2D eigenvalue weighted by atomic mass is 35.5. The van der Waals surface area contributed by atoms with Gasteiger partial charge < -0.3 is 5.32 Å².